The summed E-state index contributed by atoms with van der Waals surface area (Å²) in [6, 6.07) is 12.7. The summed E-state index contributed by atoms with van der Waals surface area (Å²) >= 11 is 0. The zero-order chi connectivity index (χ0) is 39.0. The van der Waals surface area contributed by atoms with Gasteiger partial charge in [-0.1, -0.05) is 70.7 Å². The molecule has 2 aromatic heterocycles. The number of carbonyl (C=O) groups is 3. The van der Waals surface area contributed by atoms with Gasteiger partial charge in [-0.05, 0) is 67.0 Å². The maximum atomic E-state index is 14.0. The van der Waals surface area contributed by atoms with Crippen LogP contribution in [0.2, 0.25) is 0 Å². The Morgan fingerprint density at radius 1 is 0.900 bits per heavy atom. The molecule has 0 aliphatic carbocycles. The van der Waals surface area contributed by atoms with E-state index in [0.29, 0.717) is 38.5 Å². The second kappa shape index (κ2) is 21.9. The minimum Gasteiger partial charge on any atom is -0.453 e. The Labute approximate surface area is 388 Å². The average molecular weight is 916 g/mol. The van der Waals surface area contributed by atoms with E-state index in [4.69, 9.17) is 14.5 Å². The summed E-state index contributed by atoms with van der Waals surface area (Å²) in [6.07, 6.45) is 3.48. The Morgan fingerprint density at radius 3 is 2.22 bits per heavy atom. The van der Waals surface area contributed by atoms with Crippen molar-refractivity contribution in [2.24, 2.45) is 23.2 Å². The number of hydrogen-bond acceptors (Lipinski definition) is 7. The van der Waals surface area contributed by atoms with Crippen LogP contribution >= 0.6 is 67.5 Å². The molecule has 7 rings (SSSR count). The van der Waals surface area contributed by atoms with Crippen LogP contribution in [-0.2, 0) is 19.1 Å². The van der Waals surface area contributed by atoms with Crippen LogP contribution in [0.25, 0.3) is 22.3 Å². The van der Waals surface area contributed by atoms with Crippen molar-refractivity contribution >= 4 is 96.4 Å². The van der Waals surface area contributed by atoms with E-state index >= 15 is 0 Å². The Bertz CT molecular complexity index is 2170. The van der Waals surface area contributed by atoms with Crippen molar-refractivity contribution in [3.05, 3.63) is 83.6 Å². The van der Waals surface area contributed by atoms with Crippen LogP contribution in [0.1, 0.15) is 88.7 Å². The van der Waals surface area contributed by atoms with Crippen LogP contribution in [0, 0.1) is 35.0 Å². The minimum absolute atomic E-state index is 0. The Hall–Kier alpha value is -3.66. The molecule has 3 saturated heterocycles. The van der Waals surface area contributed by atoms with Gasteiger partial charge in [-0.3, -0.25) is 9.59 Å². The van der Waals surface area contributed by atoms with Crippen LogP contribution in [0.15, 0.2) is 60.8 Å². The molecule has 3 amide bonds. The van der Waals surface area contributed by atoms with Crippen LogP contribution in [-0.4, -0.2) is 87.1 Å². The largest absolute Gasteiger partial charge is 0.453 e. The first-order valence-corrected chi connectivity index (χ1v) is 19.2. The SMILES string of the molecule is C=C1C[C@@H](c2ncc(-c3ccc(C#Cc4ccc5nc([C@@H]6C[C@]7(CCOC7)CN6C(=O)[C@@H](NC(=O)OC)C(C)C)[nH]c5c4)cc3)[nH]2)N(C(=O)[C@@H](C)C(C)C)C1.S.S.S.S.S. The Balaban J connectivity index is 0.00000248. The lowest BCUT2D eigenvalue weighted by molar-refractivity contribution is -0.137. The van der Waals surface area contributed by atoms with Gasteiger partial charge in [0.05, 0.1) is 48.7 Å². The molecule has 0 radical (unpaired) electrons. The van der Waals surface area contributed by atoms with E-state index in [1.165, 1.54) is 7.11 Å². The van der Waals surface area contributed by atoms with Gasteiger partial charge in [0.2, 0.25) is 11.8 Å². The molecule has 3 aliphatic heterocycles. The molecule has 3 N–H and O–H groups in total. The van der Waals surface area contributed by atoms with Gasteiger partial charge in [-0.15, -0.1) is 0 Å². The Morgan fingerprint density at radius 2 is 1.58 bits per heavy atom. The summed E-state index contributed by atoms with van der Waals surface area (Å²) in [5.41, 5.74) is 6.06. The fourth-order valence-corrected chi connectivity index (χ4v) is 7.96. The first kappa shape index (κ1) is 52.5. The van der Waals surface area contributed by atoms with Gasteiger partial charge in [0.1, 0.15) is 17.7 Å². The number of ether oxygens (including phenoxy) is 2. The lowest BCUT2D eigenvalue weighted by atomic mass is 9.85. The highest BCUT2D eigenvalue weighted by atomic mass is 32.1. The Kier molecular flexibility index (Phi) is 19.2. The van der Waals surface area contributed by atoms with Gasteiger partial charge in [-0.2, -0.15) is 67.5 Å². The van der Waals surface area contributed by atoms with E-state index in [0.717, 1.165) is 57.7 Å². The zero-order valence-corrected chi connectivity index (χ0v) is 40.1. The molecule has 3 aliphatic rings. The van der Waals surface area contributed by atoms with Crippen molar-refractivity contribution in [2.45, 2.75) is 72.0 Å². The molecule has 60 heavy (non-hydrogen) atoms. The van der Waals surface area contributed by atoms with Crippen molar-refractivity contribution in [1.82, 2.24) is 35.1 Å². The number of benzene rings is 2. The summed E-state index contributed by atoms with van der Waals surface area (Å²) in [6.45, 7) is 16.5. The number of imidazole rings is 2. The summed E-state index contributed by atoms with van der Waals surface area (Å²) < 4.78 is 10.6. The van der Waals surface area contributed by atoms with Crippen LogP contribution in [0.4, 0.5) is 4.79 Å². The van der Waals surface area contributed by atoms with Crippen LogP contribution < -0.4 is 5.32 Å². The van der Waals surface area contributed by atoms with Gasteiger partial charge < -0.3 is 34.6 Å². The highest BCUT2D eigenvalue weighted by Crippen LogP contribution is 2.48. The molecule has 0 saturated carbocycles. The molecule has 0 unspecified atom stereocenters. The molecule has 5 heterocycles. The van der Waals surface area contributed by atoms with E-state index in [1.54, 1.807) is 0 Å². The molecule has 17 heteroatoms. The van der Waals surface area contributed by atoms with Gasteiger partial charge in [0.15, 0.2) is 0 Å². The lowest BCUT2D eigenvalue weighted by Crippen LogP contribution is -2.51. The quantitative estimate of drug-likeness (QED) is 0.126. The van der Waals surface area contributed by atoms with Crippen LogP contribution in [0.3, 0.4) is 0 Å². The highest BCUT2D eigenvalue weighted by molar-refractivity contribution is 7.60. The minimum atomic E-state index is -0.733. The third kappa shape index (κ3) is 11.0. The normalized spacial score (nSPS) is 20.2. The first-order chi connectivity index (χ1) is 26.3. The standard InChI is InChI=1S/C43H51N7O5.5H2S/c1-25(2)28(6)40(51)49-22-27(5)18-35(49)38-44-21-34(47-38)31-13-10-29(11-14-31)8-9-30-12-15-32-33(19-30)46-39(45-32)36-20-43(16-17-55-24-43)23-50(36)41(52)37(26(3)4)48-42(53)54-7;;;;;/h10-15,19,21,25-26,28,35-37H,5,16-18,20,22-24H2,1-4,6-7H3,(H,44,47)(H,45,46)(H,48,53);5*1H2/t28-,35-,36-,37-,43+;;;;;/m0...../s1. The number of aromatic nitrogens is 4. The molecule has 3 fully saturated rings. The number of aromatic amines is 2. The fraction of sp³-hybridized carbons (Fsp3) is 0.465. The predicted octanol–water partition coefficient (Wildman–Crippen LogP) is 7.10. The molecule has 1 spiro atoms. The van der Waals surface area contributed by atoms with Crippen molar-refractivity contribution in [3.8, 4) is 23.1 Å². The zero-order valence-electron chi connectivity index (χ0n) is 35.1. The van der Waals surface area contributed by atoms with Crippen molar-refractivity contribution in [1.29, 1.82) is 0 Å². The molecular weight excluding hydrogens is 855 g/mol. The number of carbonyl (C=O) groups excluding carboxylic acids is 3. The topological polar surface area (TPSA) is 146 Å². The number of H-pyrrole nitrogens is 2. The number of likely N-dealkylation sites (tertiary alicyclic amines) is 2. The average Bonchev–Trinajstić information content (AvgIpc) is 4.03. The van der Waals surface area contributed by atoms with Gasteiger partial charge >= 0.3 is 6.09 Å². The second-order valence-electron chi connectivity index (χ2n) is 16.2. The van der Waals surface area contributed by atoms with Crippen molar-refractivity contribution < 1.29 is 23.9 Å². The van der Waals surface area contributed by atoms with Gasteiger partial charge in [0.25, 0.3) is 0 Å². The number of alkyl carbamates (subject to hydrolysis) is 1. The first-order valence-electron chi connectivity index (χ1n) is 19.2. The summed E-state index contributed by atoms with van der Waals surface area (Å²) in [4.78, 5) is 59.8. The van der Waals surface area contributed by atoms with E-state index in [2.05, 4.69) is 52.5 Å². The third-order valence-electron chi connectivity index (χ3n) is 11.6. The summed E-state index contributed by atoms with van der Waals surface area (Å²) in [5.74, 6) is 8.08. The summed E-state index contributed by atoms with van der Waals surface area (Å²) in [7, 11) is 1.30. The smallest absolute Gasteiger partial charge is 0.407 e. The van der Waals surface area contributed by atoms with Gasteiger partial charge in [-0.25, -0.2) is 14.8 Å². The lowest BCUT2D eigenvalue weighted by Gasteiger charge is -2.30. The maximum absolute atomic E-state index is 14.0. The van der Waals surface area contributed by atoms with E-state index < -0.39 is 12.1 Å². The number of nitrogens with zero attached hydrogens (tertiary/aromatic N) is 4. The van der Waals surface area contributed by atoms with Gasteiger partial charge in [0, 0.05) is 42.2 Å². The number of nitrogens with one attached hydrogen (secondary N) is 3. The van der Waals surface area contributed by atoms with E-state index in [9.17, 15) is 14.4 Å². The third-order valence-corrected chi connectivity index (χ3v) is 11.6. The van der Waals surface area contributed by atoms with Crippen LogP contribution in [0.5, 0.6) is 0 Å². The van der Waals surface area contributed by atoms with Crippen molar-refractivity contribution in [2.75, 3.05) is 33.4 Å². The maximum Gasteiger partial charge on any atom is 0.407 e. The summed E-state index contributed by atoms with van der Waals surface area (Å²) in [5, 5.41) is 2.74. The van der Waals surface area contributed by atoms with E-state index in [1.807, 2.05) is 79.2 Å². The van der Waals surface area contributed by atoms with Crippen molar-refractivity contribution in [3.63, 3.8) is 0 Å². The number of rotatable bonds is 8. The number of hydrogen-bond donors (Lipinski definition) is 3. The molecule has 2 aromatic carbocycles. The number of methoxy groups -OCH3 is 1. The second-order valence-corrected chi connectivity index (χ2v) is 16.2. The number of fused-ring (bicyclic) bond motifs is 1. The molecule has 12 nitrogen and oxygen atoms in total. The predicted molar refractivity (Wildman–Crippen MR) is 261 cm³/mol. The van der Waals surface area contributed by atoms with E-state index in [-0.39, 0.29) is 115 Å². The fourth-order valence-electron chi connectivity index (χ4n) is 7.96. The molecule has 0 bridgehead atoms. The molecule has 5 atom stereocenters. The highest BCUT2D eigenvalue weighted by Gasteiger charge is 2.51. The molecule has 4 aromatic rings. The number of amides is 3. The molecular formula is C43H61N7O5S5. The monoisotopic (exact) mass is 915 g/mol. The molecule has 328 valence electrons.